The van der Waals surface area contributed by atoms with Gasteiger partial charge in [-0.15, -0.1) is 0 Å². The van der Waals surface area contributed by atoms with Crippen molar-refractivity contribution in [2.75, 3.05) is 13.2 Å². The Balaban J connectivity index is 2.69. The molecular formula is C21H41N2O2+. The molecule has 1 aromatic rings. The Kier molecular flexibility index (Phi) is 6.91. The predicted molar refractivity (Wildman–Crippen MR) is 104 cm³/mol. The Morgan fingerprint density at radius 1 is 0.760 bits per heavy atom. The van der Waals surface area contributed by atoms with E-state index < -0.39 is 0 Å². The van der Waals surface area contributed by atoms with Crippen LogP contribution in [0.2, 0.25) is 0 Å². The lowest BCUT2D eigenvalue weighted by Crippen LogP contribution is -2.52. The van der Waals surface area contributed by atoms with E-state index in [-0.39, 0.29) is 22.3 Å². The first-order valence-electron chi connectivity index (χ1n) is 9.51. The third-order valence-electron chi connectivity index (χ3n) is 4.53. The Hall–Kier alpha value is -0.870. The molecule has 0 radical (unpaired) electrons. The van der Waals surface area contributed by atoms with E-state index in [1.165, 1.54) is 0 Å². The average Bonchev–Trinajstić information content (AvgIpc) is 2.85. The SMILES string of the molecule is CC(C)(C)OCCC(C)(C)n1cc[n+](C(C)(C)CCOC(C)(C)C)c1. The minimum atomic E-state index is -0.0816. The van der Waals surface area contributed by atoms with Crippen LogP contribution >= 0.6 is 0 Å². The van der Waals surface area contributed by atoms with Crippen LogP contribution < -0.4 is 4.57 Å². The van der Waals surface area contributed by atoms with Crippen molar-refractivity contribution in [3.05, 3.63) is 18.7 Å². The summed E-state index contributed by atoms with van der Waals surface area (Å²) in [5, 5.41) is 0. The molecule has 0 spiro atoms. The van der Waals surface area contributed by atoms with Gasteiger partial charge in [-0.1, -0.05) is 0 Å². The van der Waals surface area contributed by atoms with Crippen LogP contribution in [-0.4, -0.2) is 29.0 Å². The number of nitrogens with zero attached hydrogens (tertiary/aromatic N) is 2. The highest BCUT2D eigenvalue weighted by Crippen LogP contribution is 2.22. The van der Waals surface area contributed by atoms with E-state index >= 15 is 0 Å². The van der Waals surface area contributed by atoms with Gasteiger partial charge in [0, 0.05) is 12.8 Å². The van der Waals surface area contributed by atoms with Crippen molar-refractivity contribution in [1.29, 1.82) is 0 Å². The normalized spacial score (nSPS) is 14.2. The Morgan fingerprint density at radius 3 is 1.72 bits per heavy atom. The Bertz CT molecular complexity index is 484. The van der Waals surface area contributed by atoms with Gasteiger partial charge in [-0.2, -0.15) is 0 Å². The summed E-state index contributed by atoms with van der Waals surface area (Å²) in [6.07, 6.45) is 8.51. The number of hydrogen-bond donors (Lipinski definition) is 0. The molecule has 0 aliphatic carbocycles. The highest BCUT2D eigenvalue weighted by Gasteiger charge is 2.31. The van der Waals surface area contributed by atoms with Crippen molar-refractivity contribution in [3.63, 3.8) is 0 Å². The van der Waals surface area contributed by atoms with Crippen molar-refractivity contribution < 1.29 is 14.0 Å². The summed E-state index contributed by atoms with van der Waals surface area (Å²) in [7, 11) is 0. The number of hydrogen-bond acceptors (Lipinski definition) is 2. The molecule has 0 atom stereocenters. The van der Waals surface area contributed by atoms with Crippen molar-refractivity contribution in [2.45, 2.75) is 104 Å². The van der Waals surface area contributed by atoms with E-state index in [4.69, 9.17) is 9.47 Å². The summed E-state index contributed by atoms with van der Waals surface area (Å²) in [6.45, 7) is 23.2. The third-order valence-corrected chi connectivity index (χ3v) is 4.53. The molecule has 0 aliphatic rings. The van der Waals surface area contributed by atoms with Crippen molar-refractivity contribution in [2.24, 2.45) is 0 Å². The maximum absolute atomic E-state index is 5.91. The van der Waals surface area contributed by atoms with Gasteiger partial charge in [0.25, 0.3) is 0 Å². The molecule has 0 saturated carbocycles. The van der Waals surface area contributed by atoms with Crippen molar-refractivity contribution in [1.82, 2.24) is 4.57 Å². The van der Waals surface area contributed by atoms with Gasteiger partial charge in [0.2, 0.25) is 6.33 Å². The van der Waals surface area contributed by atoms with Gasteiger partial charge in [0.1, 0.15) is 23.5 Å². The van der Waals surface area contributed by atoms with E-state index in [1.807, 2.05) is 0 Å². The van der Waals surface area contributed by atoms with Crippen LogP contribution in [0, 0.1) is 0 Å². The van der Waals surface area contributed by atoms with E-state index in [1.54, 1.807) is 0 Å². The first-order chi connectivity index (χ1) is 11.1. The first kappa shape index (κ1) is 22.2. The van der Waals surface area contributed by atoms with Crippen molar-refractivity contribution in [3.8, 4) is 0 Å². The van der Waals surface area contributed by atoms with Crippen LogP contribution in [-0.2, 0) is 20.6 Å². The molecule has 0 amide bonds. The second-order valence-corrected chi connectivity index (χ2v) is 10.3. The molecule has 4 nitrogen and oxygen atoms in total. The maximum Gasteiger partial charge on any atom is 0.244 e. The van der Waals surface area contributed by atoms with Gasteiger partial charge in [-0.25, -0.2) is 9.13 Å². The summed E-state index contributed by atoms with van der Waals surface area (Å²) in [5.41, 5.74) is -0.119. The van der Waals surface area contributed by atoms with Gasteiger partial charge < -0.3 is 9.47 Å². The van der Waals surface area contributed by atoms with Crippen LogP contribution in [0.3, 0.4) is 0 Å². The topological polar surface area (TPSA) is 27.3 Å². The molecule has 1 rings (SSSR count). The third kappa shape index (κ3) is 7.91. The molecule has 4 heteroatoms. The molecule has 0 aromatic carbocycles. The van der Waals surface area contributed by atoms with Crippen LogP contribution in [0.4, 0.5) is 0 Å². The van der Waals surface area contributed by atoms with Gasteiger partial charge >= 0.3 is 0 Å². The average molecular weight is 354 g/mol. The van der Waals surface area contributed by atoms with Crippen LogP contribution in [0.1, 0.15) is 82.1 Å². The minimum Gasteiger partial charge on any atom is -0.376 e. The zero-order chi connectivity index (χ0) is 19.5. The van der Waals surface area contributed by atoms with Crippen LogP contribution in [0.25, 0.3) is 0 Å². The fraction of sp³-hybridized carbons (Fsp3) is 0.857. The molecule has 0 saturated heterocycles. The zero-order valence-corrected chi connectivity index (χ0v) is 18.3. The van der Waals surface area contributed by atoms with Crippen molar-refractivity contribution >= 4 is 0 Å². The van der Waals surface area contributed by atoms with E-state index in [2.05, 4.69) is 97.1 Å². The fourth-order valence-electron chi connectivity index (χ4n) is 2.54. The molecule has 146 valence electrons. The smallest absolute Gasteiger partial charge is 0.244 e. The zero-order valence-electron chi connectivity index (χ0n) is 18.3. The first-order valence-corrected chi connectivity index (χ1v) is 9.51. The lowest BCUT2D eigenvalue weighted by atomic mass is 10.0. The molecular weight excluding hydrogens is 312 g/mol. The lowest BCUT2D eigenvalue weighted by Gasteiger charge is -2.26. The molecule has 1 heterocycles. The highest BCUT2D eigenvalue weighted by atomic mass is 16.5. The summed E-state index contributed by atoms with van der Waals surface area (Å²) in [6, 6.07) is 0. The van der Waals surface area contributed by atoms with Gasteiger partial charge in [0.15, 0.2) is 0 Å². The summed E-state index contributed by atoms with van der Waals surface area (Å²) < 4.78 is 16.4. The fourth-order valence-corrected chi connectivity index (χ4v) is 2.54. The highest BCUT2D eigenvalue weighted by molar-refractivity contribution is 4.83. The van der Waals surface area contributed by atoms with Gasteiger partial charge in [-0.3, -0.25) is 0 Å². The quantitative estimate of drug-likeness (QED) is 0.636. The predicted octanol–water partition coefficient (Wildman–Crippen LogP) is 4.66. The second kappa shape index (κ2) is 7.79. The number of ether oxygens (including phenoxy) is 2. The second-order valence-electron chi connectivity index (χ2n) is 10.3. The lowest BCUT2D eigenvalue weighted by molar-refractivity contribution is -0.758. The standard InChI is InChI=1S/C21H41N2O2/c1-18(2,3)24-15-11-20(7,8)22-13-14-23(17-22)21(9,10)12-16-25-19(4,5)6/h13-14,17H,11-12,15-16H2,1-10H3/q+1. The van der Waals surface area contributed by atoms with E-state index in [0.29, 0.717) is 0 Å². The molecule has 0 fully saturated rings. The Labute approximate surface area is 155 Å². The largest absolute Gasteiger partial charge is 0.376 e. The monoisotopic (exact) mass is 353 g/mol. The molecule has 0 bridgehead atoms. The number of rotatable bonds is 8. The summed E-state index contributed by atoms with van der Waals surface area (Å²) in [4.78, 5) is 0. The molecule has 1 aromatic heterocycles. The Morgan fingerprint density at radius 2 is 1.24 bits per heavy atom. The molecule has 0 N–H and O–H groups in total. The number of aromatic nitrogens is 2. The van der Waals surface area contributed by atoms with Gasteiger partial charge in [0.05, 0.1) is 24.4 Å². The molecule has 0 unspecified atom stereocenters. The van der Waals surface area contributed by atoms with Gasteiger partial charge in [-0.05, 0) is 69.2 Å². The van der Waals surface area contributed by atoms with E-state index in [9.17, 15) is 0 Å². The van der Waals surface area contributed by atoms with Crippen LogP contribution in [0.5, 0.6) is 0 Å². The summed E-state index contributed by atoms with van der Waals surface area (Å²) >= 11 is 0. The molecule has 0 aliphatic heterocycles. The maximum atomic E-state index is 5.91. The molecule has 25 heavy (non-hydrogen) atoms. The van der Waals surface area contributed by atoms with E-state index in [0.717, 1.165) is 26.1 Å². The minimum absolute atomic E-state index is 0.0223. The summed E-state index contributed by atoms with van der Waals surface area (Å²) in [5.74, 6) is 0. The number of imidazole rings is 1. The van der Waals surface area contributed by atoms with Crippen LogP contribution in [0.15, 0.2) is 18.7 Å².